The molecule has 4 nitrogen and oxygen atoms in total. The van der Waals surface area contributed by atoms with Crippen LogP contribution in [-0.4, -0.2) is 26.5 Å². The number of H-pyrrole nitrogens is 1. The highest BCUT2D eigenvalue weighted by Gasteiger charge is 2.29. The Kier molecular flexibility index (Phi) is 4.23. The van der Waals surface area contributed by atoms with Crippen molar-refractivity contribution < 1.29 is 0 Å². The monoisotopic (exact) mass is 240 g/mol. The zero-order valence-electron chi connectivity index (χ0n) is 9.72. The van der Waals surface area contributed by atoms with Crippen LogP contribution in [0.1, 0.15) is 39.0 Å². The van der Waals surface area contributed by atoms with Crippen molar-refractivity contribution in [1.29, 1.82) is 0 Å². The van der Waals surface area contributed by atoms with Crippen molar-refractivity contribution in [3.63, 3.8) is 0 Å². The largest absolute Gasteiger partial charge is 0.327 e. The number of nitrogens with two attached hydrogens (primary N) is 1. The molecule has 1 aromatic heterocycles. The number of thioether (sulfide) groups is 1. The highest BCUT2D eigenvalue weighted by atomic mass is 32.2. The SMILES string of the molecule is CCCC1CCC(N)C(Sc2ncn[nH]2)C1. The van der Waals surface area contributed by atoms with Gasteiger partial charge in [0.1, 0.15) is 6.33 Å². The fraction of sp³-hybridized carbons (Fsp3) is 0.818. The second-order valence-electron chi connectivity index (χ2n) is 4.58. The van der Waals surface area contributed by atoms with Crippen molar-refractivity contribution in [3.8, 4) is 0 Å². The van der Waals surface area contributed by atoms with Gasteiger partial charge in [-0.25, -0.2) is 4.98 Å². The highest BCUT2D eigenvalue weighted by Crippen LogP contribution is 2.35. The molecule has 3 N–H and O–H groups in total. The van der Waals surface area contributed by atoms with Crippen LogP contribution in [0, 0.1) is 5.92 Å². The molecule has 1 aliphatic carbocycles. The van der Waals surface area contributed by atoms with E-state index in [2.05, 4.69) is 22.1 Å². The normalized spacial score (nSPS) is 30.5. The van der Waals surface area contributed by atoms with Crippen molar-refractivity contribution >= 4 is 11.8 Å². The van der Waals surface area contributed by atoms with E-state index in [1.165, 1.54) is 25.7 Å². The van der Waals surface area contributed by atoms with E-state index in [0.717, 1.165) is 17.5 Å². The van der Waals surface area contributed by atoms with E-state index in [0.29, 0.717) is 11.3 Å². The van der Waals surface area contributed by atoms with Crippen LogP contribution in [-0.2, 0) is 0 Å². The summed E-state index contributed by atoms with van der Waals surface area (Å²) in [6.07, 6.45) is 7.83. The third kappa shape index (κ3) is 2.98. The van der Waals surface area contributed by atoms with Crippen LogP contribution in [0.3, 0.4) is 0 Å². The Balaban J connectivity index is 1.91. The topological polar surface area (TPSA) is 67.6 Å². The summed E-state index contributed by atoms with van der Waals surface area (Å²) in [5, 5.41) is 8.17. The van der Waals surface area contributed by atoms with E-state index in [-0.39, 0.29) is 0 Å². The molecule has 16 heavy (non-hydrogen) atoms. The average molecular weight is 240 g/mol. The Labute approximate surface area is 101 Å². The predicted octanol–water partition coefficient (Wildman–Crippen LogP) is 2.19. The highest BCUT2D eigenvalue weighted by molar-refractivity contribution is 7.99. The zero-order chi connectivity index (χ0) is 11.4. The van der Waals surface area contributed by atoms with Gasteiger partial charge in [-0.2, -0.15) is 5.10 Å². The number of hydrogen-bond acceptors (Lipinski definition) is 4. The molecule has 1 aliphatic rings. The fourth-order valence-corrected chi connectivity index (χ4v) is 3.62. The minimum absolute atomic E-state index is 0.309. The molecule has 0 bridgehead atoms. The minimum Gasteiger partial charge on any atom is -0.327 e. The number of rotatable bonds is 4. The standard InChI is InChI=1S/C11H20N4S/c1-2-3-8-4-5-9(12)10(6-8)16-11-13-7-14-15-11/h7-10H,2-6,12H2,1H3,(H,13,14,15). The summed E-state index contributed by atoms with van der Waals surface area (Å²) in [7, 11) is 0. The summed E-state index contributed by atoms with van der Waals surface area (Å²) in [5.41, 5.74) is 6.17. The quantitative estimate of drug-likeness (QED) is 0.846. The maximum atomic E-state index is 6.17. The maximum Gasteiger partial charge on any atom is 0.183 e. The summed E-state index contributed by atoms with van der Waals surface area (Å²) < 4.78 is 0. The number of hydrogen-bond donors (Lipinski definition) is 2. The van der Waals surface area contributed by atoms with E-state index in [9.17, 15) is 0 Å². The molecule has 1 heterocycles. The van der Waals surface area contributed by atoms with Gasteiger partial charge in [-0.15, -0.1) is 0 Å². The Bertz CT molecular complexity index is 301. The molecule has 3 unspecified atom stereocenters. The van der Waals surface area contributed by atoms with Gasteiger partial charge in [-0.3, -0.25) is 5.10 Å². The van der Waals surface area contributed by atoms with Crippen LogP contribution in [0.5, 0.6) is 0 Å². The molecule has 0 radical (unpaired) electrons. The van der Waals surface area contributed by atoms with E-state index < -0.39 is 0 Å². The molecule has 1 saturated carbocycles. The van der Waals surface area contributed by atoms with Gasteiger partial charge in [-0.05, 0) is 25.2 Å². The Hall–Kier alpha value is -0.550. The molecule has 1 fully saturated rings. The molecule has 0 saturated heterocycles. The Morgan fingerprint density at radius 3 is 3.12 bits per heavy atom. The van der Waals surface area contributed by atoms with Gasteiger partial charge in [0.15, 0.2) is 5.16 Å². The number of aromatic nitrogens is 3. The number of nitrogens with one attached hydrogen (secondary N) is 1. The first-order valence-electron chi connectivity index (χ1n) is 6.07. The van der Waals surface area contributed by atoms with Gasteiger partial charge in [0.05, 0.1) is 0 Å². The van der Waals surface area contributed by atoms with E-state index >= 15 is 0 Å². The molecule has 3 atom stereocenters. The van der Waals surface area contributed by atoms with E-state index in [4.69, 9.17) is 5.73 Å². The summed E-state index contributed by atoms with van der Waals surface area (Å²) in [4.78, 5) is 4.16. The first-order chi connectivity index (χ1) is 7.79. The van der Waals surface area contributed by atoms with Crippen molar-refractivity contribution in [3.05, 3.63) is 6.33 Å². The molecule has 1 aromatic rings. The van der Waals surface area contributed by atoms with Crippen molar-refractivity contribution in [2.24, 2.45) is 11.7 Å². The van der Waals surface area contributed by atoms with Gasteiger partial charge < -0.3 is 5.73 Å². The Morgan fingerprint density at radius 1 is 1.56 bits per heavy atom. The lowest BCUT2D eigenvalue weighted by Gasteiger charge is -2.33. The molecular formula is C11H20N4S. The van der Waals surface area contributed by atoms with E-state index in [1.807, 2.05) is 0 Å². The number of aromatic amines is 1. The first-order valence-corrected chi connectivity index (χ1v) is 6.95. The van der Waals surface area contributed by atoms with Gasteiger partial charge in [0.2, 0.25) is 0 Å². The molecule has 0 amide bonds. The zero-order valence-corrected chi connectivity index (χ0v) is 10.5. The van der Waals surface area contributed by atoms with Gasteiger partial charge in [0, 0.05) is 11.3 Å². The second-order valence-corrected chi connectivity index (χ2v) is 5.81. The molecule has 90 valence electrons. The second kappa shape index (κ2) is 5.68. The molecule has 0 aliphatic heterocycles. The van der Waals surface area contributed by atoms with Crippen LogP contribution in [0.4, 0.5) is 0 Å². The fourth-order valence-electron chi connectivity index (χ4n) is 2.44. The Morgan fingerprint density at radius 2 is 2.44 bits per heavy atom. The van der Waals surface area contributed by atoms with Gasteiger partial charge >= 0.3 is 0 Å². The average Bonchev–Trinajstić information content (AvgIpc) is 2.76. The molecule has 0 aromatic carbocycles. The minimum atomic E-state index is 0.309. The summed E-state index contributed by atoms with van der Waals surface area (Å²) in [5.74, 6) is 0.852. The van der Waals surface area contributed by atoms with Crippen LogP contribution >= 0.6 is 11.8 Å². The lowest BCUT2D eigenvalue weighted by atomic mass is 9.83. The lowest BCUT2D eigenvalue weighted by molar-refractivity contribution is 0.316. The first kappa shape index (κ1) is 11.9. The maximum absolute atomic E-state index is 6.17. The molecule has 2 rings (SSSR count). The summed E-state index contributed by atoms with van der Waals surface area (Å²) >= 11 is 1.75. The van der Waals surface area contributed by atoms with Crippen LogP contribution in [0.2, 0.25) is 0 Å². The van der Waals surface area contributed by atoms with Crippen molar-refractivity contribution in [2.45, 2.75) is 55.5 Å². The van der Waals surface area contributed by atoms with Crippen molar-refractivity contribution in [1.82, 2.24) is 15.2 Å². The predicted molar refractivity (Wildman–Crippen MR) is 66.3 cm³/mol. The van der Waals surface area contributed by atoms with Crippen LogP contribution < -0.4 is 5.73 Å². The van der Waals surface area contributed by atoms with Gasteiger partial charge in [0.25, 0.3) is 0 Å². The summed E-state index contributed by atoms with van der Waals surface area (Å²) in [6, 6.07) is 0.309. The third-order valence-corrected chi connectivity index (χ3v) is 4.57. The number of nitrogens with zero attached hydrogens (tertiary/aromatic N) is 2. The molecular weight excluding hydrogens is 220 g/mol. The third-order valence-electron chi connectivity index (χ3n) is 3.30. The molecule has 5 heteroatoms. The van der Waals surface area contributed by atoms with Gasteiger partial charge in [-0.1, -0.05) is 31.5 Å². The lowest BCUT2D eigenvalue weighted by Crippen LogP contribution is -2.38. The van der Waals surface area contributed by atoms with Crippen LogP contribution in [0.15, 0.2) is 11.5 Å². The van der Waals surface area contributed by atoms with Crippen LogP contribution in [0.25, 0.3) is 0 Å². The van der Waals surface area contributed by atoms with Crippen molar-refractivity contribution in [2.75, 3.05) is 0 Å². The molecule has 0 spiro atoms. The smallest absolute Gasteiger partial charge is 0.183 e. The van der Waals surface area contributed by atoms with E-state index in [1.54, 1.807) is 18.1 Å². The summed E-state index contributed by atoms with van der Waals surface area (Å²) in [6.45, 7) is 2.26.